The molecule has 1 aromatic heterocycles. The van der Waals surface area contributed by atoms with Crippen molar-refractivity contribution in [3.63, 3.8) is 0 Å². The number of pyridine rings is 1. The average Bonchev–Trinajstić information content (AvgIpc) is 2.19. The molecule has 0 amide bonds. The number of aryl methyl sites for hydroxylation is 1. The van der Waals surface area contributed by atoms with Crippen molar-refractivity contribution in [2.75, 3.05) is 6.54 Å². The van der Waals surface area contributed by atoms with Gasteiger partial charge in [-0.1, -0.05) is 6.42 Å². The van der Waals surface area contributed by atoms with Crippen LogP contribution in [0.15, 0.2) is 18.3 Å². The van der Waals surface area contributed by atoms with E-state index in [9.17, 15) is 0 Å². The number of aromatic nitrogens is 1. The molecule has 0 saturated carbocycles. The number of hydrogen-bond donors (Lipinski definition) is 1. The van der Waals surface area contributed by atoms with Gasteiger partial charge in [0.15, 0.2) is 0 Å². The Labute approximate surface area is 79.4 Å². The zero-order valence-corrected chi connectivity index (χ0v) is 8.09. The van der Waals surface area contributed by atoms with Gasteiger partial charge in [0.2, 0.25) is 0 Å². The summed E-state index contributed by atoms with van der Waals surface area (Å²) in [6.07, 6.45) is 5.84. The molecule has 2 rings (SSSR count). The maximum Gasteiger partial charge on any atom is 0.0375 e. The highest BCUT2D eigenvalue weighted by Crippen LogP contribution is 2.22. The van der Waals surface area contributed by atoms with Gasteiger partial charge in [-0.25, -0.2) is 0 Å². The van der Waals surface area contributed by atoms with Crippen molar-refractivity contribution < 1.29 is 0 Å². The summed E-state index contributed by atoms with van der Waals surface area (Å²) in [5.41, 5.74) is 2.51. The van der Waals surface area contributed by atoms with Gasteiger partial charge in [0, 0.05) is 17.9 Å². The smallest absolute Gasteiger partial charge is 0.0375 e. The lowest BCUT2D eigenvalue weighted by atomic mass is 9.98. The summed E-state index contributed by atoms with van der Waals surface area (Å²) in [4.78, 5) is 4.21. The minimum atomic E-state index is 0.565. The lowest BCUT2D eigenvalue weighted by Crippen LogP contribution is -2.26. The van der Waals surface area contributed by atoms with Crippen LogP contribution in [0.4, 0.5) is 0 Å². The Bertz CT molecular complexity index is 277. The van der Waals surface area contributed by atoms with E-state index in [0.29, 0.717) is 6.04 Å². The molecule has 2 heteroatoms. The van der Waals surface area contributed by atoms with Crippen LogP contribution < -0.4 is 5.32 Å². The van der Waals surface area contributed by atoms with Crippen molar-refractivity contribution in [3.8, 4) is 0 Å². The molecule has 0 radical (unpaired) electrons. The fraction of sp³-hybridized carbons (Fsp3) is 0.545. The standard InChI is InChI=1S/C11H16N2/c1-9-8-10(5-7-12-9)11-4-2-3-6-13-11/h5,7-8,11,13H,2-4,6H2,1H3/t11-/m0/s1. The van der Waals surface area contributed by atoms with E-state index in [0.717, 1.165) is 12.2 Å². The maximum atomic E-state index is 4.21. The van der Waals surface area contributed by atoms with Gasteiger partial charge in [0.25, 0.3) is 0 Å². The number of piperidine rings is 1. The van der Waals surface area contributed by atoms with Crippen LogP contribution in [0.1, 0.15) is 36.6 Å². The van der Waals surface area contributed by atoms with E-state index < -0.39 is 0 Å². The van der Waals surface area contributed by atoms with E-state index in [2.05, 4.69) is 22.4 Å². The lowest BCUT2D eigenvalue weighted by Gasteiger charge is -2.23. The van der Waals surface area contributed by atoms with Crippen molar-refractivity contribution in [2.45, 2.75) is 32.2 Å². The Morgan fingerprint density at radius 3 is 3.08 bits per heavy atom. The minimum absolute atomic E-state index is 0.565. The molecule has 0 aromatic carbocycles. The van der Waals surface area contributed by atoms with Gasteiger partial charge in [-0.2, -0.15) is 0 Å². The zero-order valence-electron chi connectivity index (χ0n) is 8.09. The van der Waals surface area contributed by atoms with Crippen molar-refractivity contribution in [1.82, 2.24) is 10.3 Å². The third kappa shape index (κ3) is 2.07. The first-order chi connectivity index (χ1) is 6.36. The Morgan fingerprint density at radius 1 is 1.46 bits per heavy atom. The molecule has 1 aromatic rings. The van der Waals surface area contributed by atoms with Crippen molar-refractivity contribution in [1.29, 1.82) is 0 Å². The lowest BCUT2D eigenvalue weighted by molar-refractivity contribution is 0.412. The predicted octanol–water partition coefficient (Wildman–Crippen LogP) is 2.20. The van der Waals surface area contributed by atoms with Crippen LogP contribution in [-0.4, -0.2) is 11.5 Å². The summed E-state index contributed by atoms with van der Waals surface area (Å²) in [5, 5.41) is 3.53. The van der Waals surface area contributed by atoms with E-state index in [1.807, 2.05) is 13.1 Å². The molecule has 0 spiro atoms. The van der Waals surface area contributed by atoms with Crippen molar-refractivity contribution in [2.24, 2.45) is 0 Å². The molecule has 0 bridgehead atoms. The second kappa shape index (κ2) is 3.88. The van der Waals surface area contributed by atoms with Crippen LogP contribution in [0.3, 0.4) is 0 Å². The van der Waals surface area contributed by atoms with Crippen molar-refractivity contribution >= 4 is 0 Å². The second-order valence-corrected chi connectivity index (χ2v) is 3.73. The van der Waals surface area contributed by atoms with Crippen LogP contribution in [0.5, 0.6) is 0 Å². The highest BCUT2D eigenvalue weighted by atomic mass is 14.9. The van der Waals surface area contributed by atoms with Crippen LogP contribution in [0, 0.1) is 6.92 Å². The summed E-state index contributed by atoms with van der Waals surface area (Å²) < 4.78 is 0. The molecule has 1 saturated heterocycles. The Hall–Kier alpha value is -0.890. The van der Waals surface area contributed by atoms with Gasteiger partial charge in [0.1, 0.15) is 0 Å². The normalized spacial score (nSPS) is 23.0. The fourth-order valence-corrected chi connectivity index (χ4v) is 1.92. The molecule has 1 aliphatic heterocycles. The van der Waals surface area contributed by atoms with Gasteiger partial charge in [-0.3, -0.25) is 4.98 Å². The molecule has 70 valence electrons. The molecular formula is C11H16N2. The third-order valence-electron chi connectivity index (χ3n) is 2.63. The molecule has 13 heavy (non-hydrogen) atoms. The molecule has 1 N–H and O–H groups in total. The number of rotatable bonds is 1. The van der Waals surface area contributed by atoms with Gasteiger partial charge in [-0.15, -0.1) is 0 Å². The van der Waals surface area contributed by atoms with Crippen molar-refractivity contribution in [3.05, 3.63) is 29.6 Å². The van der Waals surface area contributed by atoms with Gasteiger partial charge < -0.3 is 5.32 Å². The number of nitrogens with one attached hydrogen (secondary N) is 1. The van der Waals surface area contributed by atoms with E-state index in [-0.39, 0.29) is 0 Å². The molecule has 1 fully saturated rings. The first kappa shape index (κ1) is 8.70. The summed E-state index contributed by atoms with van der Waals surface area (Å²) in [5.74, 6) is 0. The van der Waals surface area contributed by atoms with Gasteiger partial charge in [-0.05, 0) is 44.0 Å². The first-order valence-electron chi connectivity index (χ1n) is 5.02. The van der Waals surface area contributed by atoms with Gasteiger partial charge >= 0.3 is 0 Å². The molecule has 1 atom stereocenters. The fourth-order valence-electron chi connectivity index (χ4n) is 1.92. The summed E-state index contributed by atoms with van der Waals surface area (Å²) in [6, 6.07) is 4.87. The van der Waals surface area contributed by atoms with E-state index in [4.69, 9.17) is 0 Å². The van der Waals surface area contributed by atoms with Crippen LogP contribution in [0.25, 0.3) is 0 Å². The summed E-state index contributed by atoms with van der Waals surface area (Å²) >= 11 is 0. The number of nitrogens with zero attached hydrogens (tertiary/aromatic N) is 1. The van der Waals surface area contributed by atoms with Gasteiger partial charge in [0.05, 0.1) is 0 Å². The Balaban J connectivity index is 2.14. The molecule has 1 aliphatic rings. The minimum Gasteiger partial charge on any atom is -0.310 e. The highest BCUT2D eigenvalue weighted by molar-refractivity contribution is 5.19. The molecule has 2 heterocycles. The molecular weight excluding hydrogens is 160 g/mol. The molecule has 0 unspecified atom stereocenters. The van der Waals surface area contributed by atoms with Crippen LogP contribution >= 0.6 is 0 Å². The topological polar surface area (TPSA) is 24.9 Å². The first-order valence-corrected chi connectivity index (χ1v) is 5.02. The zero-order chi connectivity index (χ0) is 9.10. The second-order valence-electron chi connectivity index (χ2n) is 3.73. The van der Waals surface area contributed by atoms with Crippen LogP contribution in [-0.2, 0) is 0 Å². The number of hydrogen-bond acceptors (Lipinski definition) is 2. The van der Waals surface area contributed by atoms with Crippen LogP contribution in [0.2, 0.25) is 0 Å². The third-order valence-corrected chi connectivity index (χ3v) is 2.63. The van der Waals surface area contributed by atoms with E-state index >= 15 is 0 Å². The molecule has 0 aliphatic carbocycles. The maximum absolute atomic E-state index is 4.21. The van der Waals surface area contributed by atoms with E-state index in [1.54, 1.807) is 0 Å². The SMILES string of the molecule is Cc1cc([C@@H]2CCCCN2)ccn1. The highest BCUT2D eigenvalue weighted by Gasteiger charge is 2.14. The Morgan fingerprint density at radius 2 is 2.38 bits per heavy atom. The molecule has 2 nitrogen and oxygen atoms in total. The summed E-state index contributed by atoms with van der Waals surface area (Å²) in [7, 11) is 0. The average molecular weight is 176 g/mol. The van der Waals surface area contributed by atoms with E-state index in [1.165, 1.54) is 24.8 Å². The quantitative estimate of drug-likeness (QED) is 0.709. The predicted molar refractivity (Wildman–Crippen MR) is 53.6 cm³/mol. The Kier molecular flexibility index (Phi) is 2.60. The largest absolute Gasteiger partial charge is 0.310 e. The monoisotopic (exact) mass is 176 g/mol. The summed E-state index contributed by atoms with van der Waals surface area (Å²) in [6.45, 7) is 3.21.